The summed E-state index contributed by atoms with van der Waals surface area (Å²) in [5.74, 6) is -0.571. The van der Waals surface area contributed by atoms with Crippen LogP contribution in [0.1, 0.15) is 5.56 Å². The monoisotopic (exact) mass is 386 g/mol. The van der Waals surface area contributed by atoms with Crippen LogP contribution in [0.15, 0.2) is 45.9 Å². The van der Waals surface area contributed by atoms with Crippen LogP contribution in [0.4, 0.5) is 4.39 Å². The molecule has 3 aromatic heterocycles. The van der Waals surface area contributed by atoms with Crippen molar-refractivity contribution in [3.8, 4) is 5.69 Å². The number of pyridine rings is 2. The lowest BCUT2D eigenvalue weighted by Crippen LogP contribution is -2.21. The molecule has 0 bridgehead atoms. The van der Waals surface area contributed by atoms with Crippen molar-refractivity contribution in [1.29, 1.82) is 0 Å². The molecule has 0 N–H and O–H groups in total. The van der Waals surface area contributed by atoms with Crippen molar-refractivity contribution < 1.29 is 4.39 Å². The van der Waals surface area contributed by atoms with E-state index in [1.54, 1.807) is 24.7 Å². The molecule has 0 saturated carbocycles. The van der Waals surface area contributed by atoms with Crippen LogP contribution in [-0.4, -0.2) is 19.1 Å². The molecule has 0 aliphatic rings. The van der Waals surface area contributed by atoms with Crippen LogP contribution >= 0.6 is 15.9 Å². The summed E-state index contributed by atoms with van der Waals surface area (Å²) in [6, 6.07) is 7.03. The fourth-order valence-corrected chi connectivity index (χ4v) is 3.30. The van der Waals surface area contributed by atoms with Crippen molar-refractivity contribution in [3.05, 3.63) is 63.1 Å². The Bertz CT molecular complexity index is 1180. The number of hydrogen-bond donors (Lipinski definition) is 0. The number of imidazole rings is 1. The van der Waals surface area contributed by atoms with E-state index in [1.807, 2.05) is 18.2 Å². The van der Waals surface area contributed by atoms with Gasteiger partial charge in [-0.25, -0.2) is 9.78 Å². The zero-order chi connectivity index (χ0) is 17.0. The lowest BCUT2D eigenvalue weighted by Gasteiger charge is -2.08. The lowest BCUT2D eigenvalue weighted by atomic mass is 10.2. The van der Waals surface area contributed by atoms with Crippen molar-refractivity contribution in [3.63, 3.8) is 0 Å². The van der Waals surface area contributed by atoms with Crippen LogP contribution in [0.2, 0.25) is 0 Å². The highest BCUT2D eigenvalue weighted by molar-refractivity contribution is 9.10. The molecule has 7 heteroatoms. The lowest BCUT2D eigenvalue weighted by molar-refractivity contribution is 0.581. The molecule has 24 heavy (non-hydrogen) atoms. The van der Waals surface area contributed by atoms with Crippen molar-refractivity contribution in [2.24, 2.45) is 7.05 Å². The average molecular weight is 387 g/mol. The van der Waals surface area contributed by atoms with Gasteiger partial charge < -0.3 is 0 Å². The first-order chi connectivity index (χ1) is 11.5. The van der Waals surface area contributed by atoms with Gasteiger partial charge in [-0.1, -0.05) is 15.9 Å². The van der Waals surface area contributed by atoms with Crippen molar-refractivity contribution in [2.75, 3.05) is 0 Å². The average Bonchev–Trinajstić information content (AvgIpc) is 2.80. The molecule has 0 fully saturated rings. The van der Waals surface area contributed by atoms with E-state index in [4.69, 9.17) is 0 Å². The summed E-state index contributed by atoms with van der Waals surface area (Å²) < 4.78 is 17.4. The first-order valence-electron chi connectivity index (χ1n) is 7.25. The summed E-state index contributed by atoms with van der Waals surface area (Å²) in [4.78, 5) is 21.0. The number of halogens is 2. The molecule has 0 aliphatic carbocycles. The first-order valence-corrected chi connectivity index (χ1v) is 8.05. The Kier molecular flexibility index (Phi) is 3.28. The van der Waals surface area contributed by atoms with Crippen LogP contribution in [-0.2, 0) is 7.05 Å². The fraction of sp³-hybridized carbons (Fsp3) is 0.118. The Hall–Kier alpha value is -2.54. The third-order valence-corrected chi connectivity index (χ3v) is 4.63. The van der Waals surface area contributed by atoms with E-state index in [0.29, 0.717) is 16.8 Å². The van der Waals surface area contributed by atoms with E-state index < -0.39 is 5.95 Å². The minimum atomic E-state index is -0.571. The number of benzene rings is 1. The normalized spacial score (nSPS) is 11.5. The molecule has 1 aromatic carbocycles. The highest BCUT2D eigenvalue weighted by Gasteiger charge is 2.18. The van der Waals surface area contributed by atoms with E-state index in [0.717, 1.165) is 20.9 Å². The molecule has 4 aromatic rings. The topological polar surface area (TPSA) is 52.7 Å². The predicted molar refractivity (Wildman–Crippen MR) is 94.0 cm³/mol. The maximum Gasteiger partial charge on any atom is 0.333 e. The third-order valence-electron chi connectivity index (χ3n) is 4.14. The van der Waals surface area contributed by atoms with Gasteiger partial charge in [-0.15, -0.1) is 0 Å². The second-order valence-corrected chi connectivity index (χ2v) is 6.54. The maximum absolute atomic E-state index is 13.4. The molecule has 0 aliphatic heterocycles. The maximum atomic E-state index is 13.4. The van der Waals surface area contributed by atoms with Gasteiger partial charge in [0.1, 0.15) is 0 Å². The minimum Gasteiger partial charge on any atom is -0.293 e. The smallest absolute Gasteiger partial charge is 0.293 e. The van der Waals surface area contributed by atoms with Crippen LogP contribution in [0.25, 0.3) is 27.6 Å². The highest BCUT2D eigenvalue weighted by Crippen LogP contribution is 2.28. The molecule has 0 saturated heterocycles. The molecule has 120 valence electrons. The SMILES string of the molecule is Cc1cc(F)ncc1-n1c(=O)n(C)c2cnc3ccc(Br)cc3c21. The van der Waals surface area contributed by atoms with Crippen molar-refractivity contribution >= 4 is 37.9 Å². The van der Waals surface area contributed by atoms with Crippen LogP contribution < -0.4 is 5.69 Å². The van der Waals surface area contributed by atoms with Gasteiger partial charge in [-0.05, 0) is 36.8 Å². The zero-order valence-electron chi connectivity index (χ0n) is 12.9. The van der Waals surface area contributed by atoms with E-state index in [2.05, 4.69) is 25.9 Å². The van der Waals surface area contributed by atoms with E-state index in [1.165, 1.54) is 16.8 Å². The predicted octanol–water partition coefficient (Wildman–Crippen LogP) is 3.48. The standard InChI is InChI=1S/C17H12BrFN4O/c1-9-5-15(19)21-7-13(9)23-16-11-6-10(18)3-4-12(11)20-8-14(16)22(2)17(23)24/h3-8H,1-2H3. The summed E-state index contributed by atoms with van der Waals surface area (Å²) in [6.07, 6.45) is 3.06. The van der Waals surface area contributed by atoms with Gasteiger partial charge in [-0.2, -0.15) is 4.39 Å². The number of fused-ring (bicyclic) bond motifs is 3. The molecular formula is C17H12BrFN4O. The molecule has 0 spiro atoms. The van der Waals surface area contributed by atoms with Crippen LogP contribution in [0.3, 0.4) is 0 Å². The van der Waals surface area contributed by atoms with Gasteiger partial charge in [0.05, 0.1) is 34.6 Å². The summed E-state index contributed by atoms with van der Waals surface area (Å²) in [7, 11) is 1.69. The molecular weight excluding hydrogens is 375 g/mol. The number of rotatable bonds is 1. The molecule has 3 heterocycles. The van der Waals surface area contributed by atoms with Crippen LogP contribution in [0, 0.1) is 12.9 Å². The second-order valence-electron chi connectivity index (χ2n) is 5.62. The summed E-state index contributed by atoms with van der Waals surface area (Å²) >= 11 is 3.46. The number of nitrogens with zero attached hydrogens (tertiary/aromatic N) is 4. The first kappa shape index (κ1) is 15.0. The molecule has 0 unspecified atom stereocenters. The second kappa shape index (κ2) is 5.24. The van der Waals surface area contributed by atoms with Gasteiger partial charge >= 0.3 is 5.69 Å². The molecule has 0 amide bonds. The van der Waals surface area contributed by atoms with E-state index >= 15 is 0 Å². The number of aryl methyl sites for hydroxylation is 2. The minimum absolute atomic E-state index is 0.226. The van der Waals surface area contributed by atoms with Gasteiger partial charge in [0.2, 0.25) is 5.95 Å². The summed E-state index contributed by atoms with van der Waals surface area (Å²) in [5, 5.41) is 0.836. The van der Waals surface area contributed by atoms with Gasteiger partial charge in [0.15, 0.2) is 0 Å². The quantitative estimate of drug-likeness (QED) is 0.470. The van der Waals surface area contributed by atoms with Gasteiger partial charge in [0, 0.05) is 16.9 Å². The Morgan fingerprint density at radius 1 is 1.17 bits per heavy atom. The fourth-order valence-electron chi connectivity index (χ4n) is 2.94. The van der Waals surface area contributed by atoms with Gasteiger partial charge in [0.25, 0.3) is 0 Å². The highest BCUT2D eigenvalue weighted by atomic mass is 79.9. The molecule has 0 radical (unpaired) electrons. The Morgan fingerprint density at radius 2 is 1.96 bits per heavy atom. The Labute approximate surface area is 144 Å². The van der Waals surface area contributed by atoms with E-state index in [9.17, 15) is 9.18 Å². The largest absolute Gasteiger partial charge is 0.333 e. The Balaban J connectivity index is 2.24. The molecule has 5 nitrogen and oxygen atoms in total. The van der Waals surface area contributed by atoms with Crippen LogP contribution in [0.5, 0.6) is 0 Å². The van der Waals surface area contributed by atoms with Gasteiger partial charge in [-0.3, -0.25) is 14.1 Å². The zero-order valence-corrected chi connectivity index (χ0v) is 14.5. The Morgan fingerprint density at radius 3 is 2.71 bits per heavy atom. The molecule has 4 rings (SSSR count). The van der Waals surface area contributed by atoms with Crippen molar-refractivity contribution in [2.45, 2.75) is 6.92 Å². The van der Waals surface area contributed by atoms with E-state index in [-0.39, 0.29) is 5.69 Å². The summed E-state index contributed by atoms with van der Waals surface area (Å²) in [5.41, 5.74) is 3.17. The number of aromatic nitrogens is 4. The molecule has 0 atom stereocenters. The summed E-state index contributed by atoms with van der Waals surface area (Å²) in [6.45, 7) is 1.75. The number of hydrogen-bond acceptors (Lipinski definition) is 3. The van der Waals surface area contributed by atoms with Crippen molar-refractivity contribution in [1.82, 2.24) is 19.1 Å². The third kappa shape index (κ3) is 2.08.